The molecule has 0 fully saturated rings. The van der Waals surface area contributed by atoms with Gasteiger partial charge in [0, 0.05) is 11.8 Å². The van der Waals surface area contributed by atoms with Crippen molar-refractivity contribution in [2.24, 2.45) is 0 Å². The van der Waals surface area contributed by atoms with E-state index in [-0.39, 0.29) is 11.5 Å². The summed E-state index contributed by atoms with van der Waals surface area (Å²) < 4.78 is 19.3. The van der Waals surface area contributed by atoms with E-state index in [1.807, 2.05) is 6.07 Å². The van der Waals surface area contributed by atoms with Gasteiger partial charge in [0.25, 0.3) is 5.89 Å². The van der Waals surface area contributed by atoms with Gasteiger partial charge in [-0.05, 0) is 18.2 Å². The Bertz CT molecular complexity index is 753. The van der Waals surface area contributed by atoms with Crippen molar-refractivity contribution in [2.45, 2.75) is 0 Å². The molecule has 0 atom stereocenters. The third-order valence-corrected chi connectivity index (χ3v) is 2.80. The van der Waals surface area contributed by atoms with Crippen molar-refractivity contribution in [2.75, 3.05) is 0 Å². The van der Waals surface area contributed by atoms with Gasteiger partial charge in [-0.2, -0.15) is 4.98 Å². The highest BCUT2D eigenvalue weighted by molar-refractivity contribution is 5.63. The standard InChI is InChI=1S/C15H10FN3O/c1-2-10-6-5-7-11(13(10)16)15-18-14(19-20-15)12-8-3-4-9-17-12/h2-9H,1H2. The molecule has 20 heavy (non-hydrogen) atoms. The number of pyridine rings is 1. The lowest BCUT2D eigenvalue weighted by Crippen LogP contribution is -1.89. The molecule has 0 aliphatic heterocycles. The Morgan fingerprint density at radius 1 is 1.15 bits per heavy atom. The third-order valence-electron chi connectivity index (χ3n) is 2.80. The van der Waals surface area contributed by atoms with E-state index in [0.717, 1.165) is 0 Å². The SMILES string of the molecule is C=Cc1cccc(-c2nc(-c3ccccn3)no2)c1F. The molecule has 3 rings (SSSR count). The smallest absolute Gasteiger partial charge is 0.261 e. The highest BCUT2D eigenvalue weighted by atomic mass is 19.1. The largest absolute Gasteiger partial charge is 0.333 e. The summed E-state index contributed by atoms with van der Waals surface area (Å²) in [6, 6.07) is 10.3. The fourth-order valence-corrected chi connectivity index (χ4v) is 1.80. The zero-order valence-corrected chi connectivity index (χ0v) is 10.5. The van der Waals surface area contributed by atoms with E-state index in [2.05, 4.69) is 21.7 Å². The topological polar surface area (TPSA) is 51.8 Å². The van der Waals surface area contributed by atoms with Gasteiger partial charge in [0.2, 0.25) is 5.82 Å². The molecular formula is C15H10FN3O. The zero-order chi connectivity index (χ0) is 13.9. The van der Waals surface area contributed by atoms with Gasteiger partial charge in [-0.1, -0.05) is 36.0 Å². The van der Waals surface area contributed by atoms with Crippen LogP contribution in [0.5, 0.6) is 0 Å². The number of benzene rings is 1. The lowest BCUT2D eigenvalue weighted by molar-refractivity contribution is 0.429. The van der Waals surface area contributed by atoms with E-state index < -0.39 is 5.82 Å². The molecule has 0 saturated heterocycles. The van der Waals surface area contributed by atoms with E-state index >= 15 is 0 Å². The molecule has 0 aliphatic rings. The maximum absolute atomic E-state index is 14.2. The summed E-state index contributed by atoms with van der Waals surface area (Å²) in [4.78, 5) is 8.29. The number of aromatic nitrogens is 3. The molecule has 3 aromatic rings. The van der Waals surface area contributed by atoms with E-state index in [0.29, 0.717) is 17.1 Å². The third kappa shape index (κ3) is 2.09. The molecule has 4 nitrogen and oxygen atoms in total. The molecule has 0 unspecified atom stereocenters. The van der Waals surface area contributed by atoms with Crippen LogP contribution in [0.25, 0.3) is 29.0 Å². The summed E-state index contributed by atoms with van der Waals surface area (Å²) >= 11 is 0. The molecule has 0 amide bonds. The normalized spacial score (nSPS) is 10.4. The number of hydrogen-bond acceptors (Lipinski definition) is 4. The first-order valence-corrected chi connectivity index (χ1v) is 5.96. The number of rotatable bonds is 3. The molecule has 2 heterocycles. The number of halogens is 1. The van der Waals surface area contributed by atoms with E-state index in [1.165, 1.54) is 6.08 Å². The summed E-state index contributed by atoms with van der Waals surface area (Å²) in [5.41, 5.74) is 1.21. The van der Waals surface area contributed by atoms with Gasteiger partial charge in [0.1, 0.15) is 11.5 Å². The Labute approximate surface area is 114 Å². The minimum absolute atomic E-state index is 0.117. The quantitative estimate of drug-likeness (QED) is 0.727. The van der Waals surface area contributed by atoms with Crippen molar-refractivity contribution in [1.82, 2.24) is 15.1 Å². The van der Waals surface area contributed by atoms with Crippen LogP contribution >= 0.6 is 0 Å². The van der Waals surface area contributed by atoms with Crippen LogP contribution in [-0.2, 0) is 0 Å². The molecule has 5 heteroatoms. The zero-order valence-electron chi connectivity index (χ0n) is 10.5. The summed E-state index contributed by atoms with van der Waals surface area (Å²) in [7, 11) is 0. The fourth-order valence-electron chi connectivity index (χ4n) is 1.80. The Hall–Kier alpha value is -2.82. The van der Waals surface area contributed by atoms with Crippen molar-refractivity contribution in [3.05, 3.63) is 60.6 Å². The molecule has 0 bridgehead atoms. The maximum atomic E-state index is 14.2. The highest BCUT2D eigenvalue weighted by Crippen LogP contribution is 2.25. The van der Waals surface area contributed by atoms with E-state index in [9.17, 15) is 4.39 Å². The minimum Gasteiger partial charge on any atom is -0.333 e. The van der Waals surface area contributed by atoms with Crippen molar-refractivity contribution < 1.29 is 8.91 Å². The predicted molar refractivity (Wildman–Crippen MR) is 73.0 cm³/mol. The molecule has 0 radical (unpaired) electrons. The summed E-state index contributed by atoms with van der Waals surface area (Å²) in [5.74, 6) is 0.00887. The van der Waals surface area contributed by atoms with E-state index in [4.69, 9.17) is 4.52 Å². The molecule has 0 saturated carbocycles. The second kappa shape index (κ2) is 5.05. The average Bonchev–Trinajstić information content (AvgIpc) is 2.98. The Morgan fingerprint density at radius 2 is 2.05 bits per heavy atom. The van der Waals surface area contributed by atoms with Crippen molar-refractivity contribution in [3.63, 3.8) is 0 Å². The lowest BCUT2D eigenvalue weighted by atomic mass is 10.1. The molecule has 0 spiro atoms. The summed E-state index contributed by atoms with van der Waals surface area (Å²) in [5, 5.41) is 3.82. The lowest BCUT2D eigenvalue weighted by Gasteiger charge is -2.00. The van der Waals surface area contributed by atoms with Crippen LogP contribution in [0.3, 0.4) is 0 Å². The molecular weight excluding hydrogens is 257 g/mol. The predicted octanol–water partition coefficient (Wildman–Crippen LogP) is 3.58. The Morgan fingerprint density at radius 3 is 2.80 bits per heavy atom. The number of hydrogen-bond donors (Lipinski definition) is 0. The van der Waals surface area contributed by atoms with Crippen LogP contribution in [0, 0.1) is 5.82 Å². The second-order valence-corrected chi connectivity index (χ2v) is 4.05. The average molecular weight is 267 g/mol. The van der Waals surface area contributed by atoms with Gasteiger partial charge in [-0.25, -0.2) is 4.39 Å². The second-order valence-electron chi connectivity index (χ2n) is 4.05. The van der Waals surface area contributed by atoms with Crippen LogP contribution < -0.4 is 0 Å². The molecule has 1 aromatic carbocycles. The molecule has 2 aromatic heterocycles. The first-order chi connectivity index (χ1) is 9.79. The Balaban J connectivity index is 2.05. The number of nitrogens with zero attached hydrogens (tertiary/aromatic N) is 3. The first kappa shape index (κ1) is 12.2. The van der Waals surface area contributed by atoms with Crippen molar-refractivity contribution in [3.8, 4) is 23.0 Å². The van der Waals surface area contributed by atoms with Gasteiger partial charge in [-0.3, -0.25) is 4.98 Å². The molecule has 0 aliphatic carbocycles. The highest BCUT2D eigenvalue weighted by Gasteiger charge is 2.16. The summed E-state index contributed by atoms with van der Waals surface area (Å²) in [6.07, 6.45) is 3.07. The van der Waals surface area contributed by atoms with Crippen LogP contribution in [0.1, 0.15) is 5.56 Å². The Kier molecular flexibility index (Phi) is 3.09. The van der Waals surface area contributed by atoms with E-state index in [1.54, 1.807) is 36.5 Å². The minimum atomic E-state index is -0.432. The van der Waals surface area contributed by atoms with Crippen LogP contribution in [0.2, 0.25) is 0 Å². The van der Waals surface area contributed by atoms with Crippen LogP contribution in [-0.4, -0.2) is 15.1 Å². The van der Waals surface area contributed by atoms with Gasteiger partial charge in [0.05, 0.1) is 5.56 Å². The van der Waals surface area contributed by atoms with Gasteiger partial charge < -0.3 is 4.52 Å². The van der Waals surface area contributed by atoms with Crippen molar-refractivity contribution in [1.29, 1.82) is 0 Å². The first-order valence-electron chi connectivity index (χ1n) is 5.96. The van der Waals surface area contributed by atoms with Crippen molar-refractivity contribution >= 4 is 6.08 Å². The van der Waals surface area contributed by atoms with Crippen LogP contribution in [0.4, 0.5) is 4.39 Å². The molecule has 0 N–H and O–H groups in total. The molecule has 98 valence electrons. The van der Waals surface area contributed by atoms with Crippen LogP contribution in [0.15, 0.2) is 53.7 Å². The summed E-state index contributed by atoms with van der Waals surface area (Å²) in [6.45, 7) is 3.56. The monoisotopic (exact) mass is 267 g/mol. The van der Waals surface area contributed by atoms with Gasteiger partial charge in [0.15, 0.2) is 0 Å². The van der Waals surface area contributed by atoms with Gasteiger partial charge in [-0.15, -0.1) is 0 Å². The fraction of sp³-hybridized carbons (Fsp3) is 0. The maximum Gasteiger partial charge on any atom is 0.261 e. The van der Waals surface area contributed by atoms with Gasteiger partial charge >= 0.3 is 0 Å².